The van der Waals surface area contributed by atoms with E-state index >= 15 is 0 Å². The van der Waals surface area contributed by atoms with Crippen molar-refractivity contribution in [1.29, 1.82) is 0 Å². The summed E-state index contributed by atoms with van der Waals surface area (Å²) < 4.78 is 0. The monoisotopic (exact) mass is 286 g/mol. The average molecular weight is 286 g/mol. The summed E-state index contributed by atoms with van der Waals surface area (Å²) in [4.78, 5) is 23.6. The van der Waals surface area contributed by atoms with Crippen molar-refractivity contribution >= 4 is 17.6 Å². The van der Waals surface area contributed by atoms with E-state index in [1.165, 1.54) is 0 Å². The number of rotatable bonds is 6. The van der Waals surface area contributed by atoms with Crippen LogP contribution in [0.5, 0.6) is 0 Å². The smallest absolute Gasteiger partial charge is 0.233 e. The molecule has 0 saturated heterocycles. The van der Waals surface area contributed by atoms with Crippen LogP contribution >= 0.6 is 0 Å². The SMILES string of the molecule is CCC(C)(C(=O)NCCC(=O)NC(C)(C)C)C(N)=NO. The summed E-state index contributed by atoms with van der Waals surface area (Å²) in [6, 6.07) is 0. The van der Waals surface area contributed by atoms with Crippen LogP contribution in [0.1, 0.15) is 47.5 Å². The predicted octanol–water partition coefficient (Wildman–Crippen LogP) is 0.570. The molecular formula is C13H26N4O3. The third-order valence-electron chi connectivity index (χ3n) is 3.03. The highest BCUT2D eigenvalue weighted by atomic mass is 16.4. The first-order valence-corrected chi connectivity index (χ1v) is 6.64. The first-order valence-electron chi connectivity index (χ1n) is 6.64. The largest absolute Gasteiger partial charge is 0.409 e. The van der Waals surface area contributed by atoms with Crippen LogP contribution in [0.2, 0.25) is 0 Å². The van der Waals surface area contributed by atoms with Crippen molar-refractivity contribution in [3.8, 4) is 0 Å². The van der Waals surface area contributed by atoms with Gasteiger partial charge in [-0.25, -0.2) is 0 Å². The Bertz CT molecular complexity index is 388. The second kappa shape index (κ2) is 7.12. The van der Waals surface area contributed by atoms with E-state index in [-0.39, 0.29) is 36.2 Å². The summed E-state index contributed by atoms with van der Waals surface area (Å²) in [5, 5.41) is 17.0. The Morgan fingerprint density at radius 1 is 1.25 bits per heavy atom. The third-order valence-corrected chi connectivity index (χ3v) is 3.03. The van der Waals surface area contributed by atoms with Crippen molar-refractivity contribution in [3.63, 3.8) is 0 Å². The van der Waals surface area contributed by atoms with Gasteiger partial charge in [0.1, 0.15) is 5.41 Å². The molecule has 2 amide bonds. The molecule has 0 radical (unpaired) electrons. The Kier molecular flexibility index (Phi) is 6.48. The van der Waals surface area contributed by atoms with E-state index in [9.17, 15) is 9.59 Å². The zero-order valence-corrected chi connectivity index (χ0v) is 12.9. The maximum Gasteiger partial charge on any atom is 0.233 e. The molecule has 7 heteroatoms. The molecule has 0 spiro atoms. The zero-order valence-electron chi connectivity index (χ0n) is 12.9. The minimum Gasteiger partial charge on any atom is -0.409 e. The van der Waals surface area contributed by atoms with Crippen LogP contribution in [0.4, 0.5) is 0 Å². The van der Waals surface area contributed by atoms with Crippen molar-refractivity contribution in [1.82, 2.24) is 10.6 Å². The summed E-state index contributed by atoms with van der Waals surface area (Å²) in [6.45, 7) is 9.22. The van der Waals surface area contributed by atoms with Gasteiger partial charge in [0.25, 0.3) is 0 Å². The fraction of sp³-hybridized carbons (Fsp3) is 0.769. The van der Waals surface area contributed by atoms with Crippen LogP contribution in [-0.4, -0.2) is 34.9 Å². The molecule has 0 aliphatic carbocycles. The molecule has 7 nitrogen and oxygen atoms in total. The van der Waals surface area contributed by atoms with Gasteiger partial charge < -0.3 is 21.6 Å². The molecule has 0 heterocycles. The van der Waals surface area contributed by atoms with Gasteiger partial charge in [0.2, 0.25) is 11.8 Å². The number of hydrogen-bond donors (Lipinski definition) is 4. The number of carbonyl (C=O) groups excluding carboxylic acids is 2. The third kappa shape index (κ3) is 5.46. The molecule has 116 valence electrons. The first-order chi connectivity index (χ1) is 9.06. The van der Waals surface area contributed by atoms with Gasteiger partial charge >= 0.3 is 0 Å². The predicted molar refractivity (Wildman–Crippen MR) is 77.3 cm³/mol. The van der Waals surface area contributed by atoms with E-state index < -0.39 is 5.41 Å². The average Bonchev–Trinajstić information content (AvgIpc) is 2.34. The van der Waals surface area contributed by atoms with Crippen LogP contribution in [0.15, 0.2) is 5.16 Å². The van der Waals surface area contributed by atoms with Crippen molar-refractivity contribution in [2.24, 2.45) is 16.3 Å². The van der Waals surface area contributed by atoms with Gasteiger partial charge in [-0.3, -0.25) is 9.59 Å². The van der Waals surface area contributed by atoms with E-state index in [4.69, 9.17) is 10.9 Å². The van der Waals surface area contributed by atoms with E-state index in [1.807, 2.05) is 20.8 Å². The summed E-state index contributed by atoms with van der Waals surface area (Å²) in [5.41, 5.74) is 4.16. The van der Waals surface area contributed by atoms with Gasteiger partial charge in [-0.1, -0.05) is 12.1 Å². The Labute approximate surface area is 120 Å². The zero-order chi connectivity index (χ0) is 16.0. The molecule has 0 rings (SSSR count). The van der Waals surface area contributed by atoms with Gasteiger partial charge in [-0.2, -0.15) is 0 Å². The van der Waals surface area contributed by atoms with Gasteiger partial charge in [0.15, 0.2) is 5.84 Å². The first kappa shape index (κ1) is 18.2. The molecule has 0 saturated carbocycles. The lowest BCUT2D eigenvalue weighted by atomic mass is 9.85. The van der Waals surface area contributed by atoms with Crippen molar-refractivity contribution in [3.05, 3.63) is 0 Å². The number of carbonyl (C=O) groups is 2. The highest BCUT2D eigenvalue weighted by Gasteiger charge is 2.36. The highest BCUT2D eigenvalue weighted by molar-refractivity contribution is 6.06. The molecule has 0 aliphatic rings. The van der Waals surface area contributed by atoms with E-state index in [1.54, 1.807) is 13.8 Å². The van der Waals surface area contributed by atoms with Crippen LogP contribution in [0.3, 0.4) is 0 Å². The van der Waals surface area contributed by atoms with Crippen molar-refractivity contribution in [2.75, 3.05) is 6.54 Å². The molecule has 0 aromatic rings. The lowest BCUT2D eigenvalue weighted by Crippen LogP contribution is -2.48. The van der Waals surface area contributed by atoms with E-state index in [0.29, 0.717) is 6.42 Å². The Hall–Kier alpha value is -1.79. The van der Waals surface area contributed by atoms with E-state index in [0.717, 1.165) is 0 Å². The number of nitrogens with two attached hydrogens (primary N) is 1. The topological polar surface area (TPSA) is 117 Å². The fourth-order valence-corrected chi connectivity index (χ4v) is 1.53. The highest BCUT2D eigenvalue weighted by Crippen LogP contribution is 2.21. The van der Waals surface area contributed by atoms with Gasteiger partial charge in [-0.15, -0.1) is 0 Å². The molecule has 0 aromatic carbocycles. The quantitative estimate of drug-likeness (QED) is 0.247. The molecule has 20 heavy (non-hydrogen) atoms. The van der Waals surface area contributed by atoms with Gasteiger partial charge in [-0.05, 0) is 34.1 Å². The van der Waals surface area contributed by atoms with Gasteiger partial charge in [0, 0.05) is 18.5 Å². The summed E-state index contributed by atoms with van der Waals surface area (Å²) >= 11 is 0. The standard InChI is InChI=1S/C13H26N4O3/c1-6-13(5,10(14)17-20)11(19)15-8-7-9(18)16-12(2,3)4/h20H,6-8H2,1-5H3,(H2,14,17)(H,15,19)(H,16,18). The normalized spacial score (nSPS) is 15.3. The molecular weight excluding hydrogens is 260 g/mol. The molecule has 5 N–H and O–H groups in total. The molecule has 0 aromatic heterocycles. The lowest BCUT2D eigenvalue weighted by molar-refractivity contribution is -0.127. The Morgan fingerprint density at radius 3 is 2.20 bits per heavy atom. The van der Waals surface area contributed by atoms with Crippen molar-refractivity contribution in [2.45, 2.75) is 53.0 Å². The number of amides is 2. The summed E-state index contributed by atoms with van der Waals surface area (Å²) in [5.74, 6) is -0.643. The van der Waals surface area contributed by atoms with Crippen LogP contribution in [0, 0.1) is 5.41 Å². The molecule has 0 aliphatic heterocycles. The maximum absolute atomic E-state index is 12.0. The van der Waals surface area contributed by atoms with Crippen LogP contribution in [-0.2, 0) is 9.59 Å². The number of amidine groups is 1. The minimum atomic E-state index is -1.07. The Balaban J connectivity index is 4.40. The lowest BCUT2D eigenvalue weighted by Gasteiger charge is -2.25. The van der Waals surface area contributed by atoms with Crippen LogP contribution < -0.4 is 16.4 Å². The Morgan fingerprint density at radius 2 is 1.80 bits per heavy atom. The molecule has 0 bridgehead atoms. The second-order valence-corrected chi connectivity index (χ2v) is 5.97. The van der Waals surface area contributed by atoms with Crippen LogP contribution in [0.25, 0.3) is 0 Å². The van der Waals surface area contributed by atoms with E-state index in [2.05, 4.69) is 15.8 Å². The van der Waals surface area contributed by atoms with Crippen molar-refractivity contribution < 1.29 is 14.8 Å². The number of hydrogen-bond acceptors (Lipinski definition) is 4. The number of nitrogens with one attached hydrogen (secondary N) is 2. The maximum atomic E-state index is 12.0. The molecule has 1 unspecified atom stereocenters. The molecule has 1 atom stereocenters. The fourth-order valence-electron chi connectivity index (χ4n) is 1.53. The number of oxime groups is 1. The molecule has 0 fully saturated rings. The minimum absolute atomic E-state index is 0.139. The van der Waals surface area contributed by atoms with Gasteiger partial charge in [0.05, 0.1) is 0 Å². The number of nitrogens with zero attached hydrogens (tertiary/aromatic N) is 1. The summed E-state index contributed by atoms with van der Waals surface area (Å²) in [7, 11) is 0. The second-order valence-electron chi connectivity index (χ2n) is 5.97. The summed E-state index contributed by atoms with van der Waals surface area (Å²) in [6.07, 6.45) is 0.571.